The Morgan fingerprint density at radius 1 is 0.902 bits per heavy atom. The lowest BCUT2D eigenvalue weighted by Crippen LogP contribution is -2.46. The van der Waals surface area contributed by atoms with Crippen LogP contribution in [0.15, 0.2) is 66.7 Å². The third-order valence-electron chi connectivity index (χ3n) is 9.11. The minimum Gasteiger partial charge on any atom is -0.487 e. The molecule has 0 bridgehead atoms. The molecule has 0 saturated heterocycles. The lowest BCUT2D eigenvalue weighted by molar-refractivity contribution is -0.0115. The number of ether oxygens (including phenoxy) is 1. The highest BCUT2D eigenvalue weighted by Crippen LogP contribution is 2.56. The highest BCUT2D eigenvalue weighted by molar-refractivity contribution is 7.22. The standard InChI is InChI=1S/C34H30N4O2S/c1-18-12-14-23-22(16-18)28-30-29(20-8-4-5-9-21(20)31(28)40-34(23,2)3)36-26-17-19(13-15-24(26)35-30)32(39)38-33-37-25-10-6-7-11-27(25)41-33/h4-11,13,15,17-18,22-23H,12,14,16H2,1-3H3,(H,37,38,39)/t18-,22-,23-/m0/s1. The average molecular weight is 559 g/mol. The summed E-state index contributed by atoms with van der Waals surface area (Å²) in [4.78, 5) is 28.2. The summed E-state index contributed by atoms with van der Waals surface area (Å²) in [6.45, 7) is 6.86. The zero-order chi connectivity index (χ0) is 27.9. The third-order valence-corrected chi connectivity index (χ3v) is 10.1. The molecule has 0 unspecified atom stereocenters. The number of fused-ring (bicyclic) bond motifs is 10. The summed E-state index contributed by atoms with van der Waals surface area (Å²) in [5, 5.41) is 5.66. The Labute approximate surface area is 241 Å². The molecule has 1 aliphatic carbocycles. The van der Waals surface area contributed by atoms with Gasteiger partial charge in [-0.2, -0.15) is 0 Å². The molecule has 6 nitrogen and oxygen atoms in total. The van der Waals surface area contributed by atoms with Crippen molar-refractivity contribution < 1.29 is 9.53 Å². The molecule has 1 amide bonds. The smallest absolute Gasteiger partial charge is 0.257 e. The summed E-state index contributed by atoms with van der Waals surface area (Å²) in [6, 6.07) is 21.8. The quantitative estimate of drug-likeness (QED) is 0.170. The first-order valence-electron chi connectivity index (χ1n) is 14.4. The van der Waals surface area contributed by atoms with E-state index >= 15 is 0 Å². The number of anilines is 1. The zero-order valence-corrected chi connectivity index (χ0v) is 24.1. The Morgan fingerprint density at radius 3 is 2.54 bits per heavy atom. The molecule has 204 valence electrons. The number of benzene rings is 4. The molecule has 6 aromatic rings. The molecule has 1 saturated carbocycles. The van der Waals surface area contributed by atoms with E-state index in [1.54, 1.807) is 0 Å². The van der Waals surface area contributed by atoms with Crippen molar-refractivity contribution in [2.75, 3.05) is 5.32 Å². The first kappa shape index (κ1) is 24.7. The Bertz CT molecular complexity index is 2000. The molecule has 1 fully saturated rings. The van der Waals surface area contributed by atoms with Gasteiger partial charge in [-0.15, -0.1) is 0 Å². The van der Waals surface area contributed by atoms with Crippen LogP contribution in [0.3, 0.4) is 0 Å². The van der Waals surface area contributed by atoms with Gasteiger partial charge in [-0.1, -0.05) is 61.1 Å². The lowest BCUT2D eigenvalue weighted by Gasteiger charge is -2.49. The Kier molecular flexibility index (Phi) is 5.39. The van der Waals surface area contributed by atoms with Crippen molar-refractivity contribution in [1.29, 1.82) is 0 Å². The number of thiazole rings is 1. The first-order chi connectivity index (χ1) is 19.9. The van der Waals surface area contributed by atoms with Crippen LogP contribution >= 0.6 is 11.3 Å². The van der Waals surface area contributed by atoms with E-state index in [0.29, 0.717) is 34.0 Å². The van der Waals surface area contributed by atoms with E-state index in [1.807, 2.05) is 48.5 Å². The molecular formula is C34H30N4O2S. The van der Waals surface area contributed by atoms with E-state index in [0.717, 1.165) is 56.1 Å². The van der Waals surface area contributed by atoms with Crippen LogP contribution in [0, 0.1) is 11.8 Å². The lowest BCUT2D eigenvalue weighted by atomic mass is 9.64. The maximum Gasteiger partial charge on any atom is 0.257 e. The second-order valence-electron chi connectivity index (χ2n) is 12.2. The summed E-state index contributed by atoms with van der Waals surface area (Å²) >= 11 is 1.47. The number of hydrogen-bond acceptors (Lipinski definition) is 6. The number of hydrogen-bond donors (Lipinski definition) is 1. The van der Waals surface area contributed by atoms with Gasteiger partial charge in [-0.25, -0.2) is 15.0 Å². The van der Waals surface area contributed by atoms with Crippen LogP contribution in [0.1, 0.15) is 61.9 Å². The van der Waals surface area contributed by atoms with E-state index in [2.05, 4.69) is 49.3 Å². The van der Waals surface area contributed by atoms with Crippen molar-refractivity contribution in [2.24, 2.45) is 11.8 Å². The van der Waals surface area contributed by atoms with Gasteiger partial charge in [-0.05, 0) is 68.9 Å². The molecule has 2 aromatic heterocycles. The van der Waals surface area contributed by atoms with Gasteiger partial charge in [0.05, 0.1) is 32.3 Å². The molecule has 8 rings (SSSR count). The van der Waals surface area contributed by atoms with E-state index in [9.17, 15) is 4.79 Å². The number of amides is 1. The SMILES string of the molecule is C[C@H]1CC[C@H]2[C@H](C1)c1c(c3ccccc3c3nc4cc(C(=O)Nc5nc6ccccc6s5)ccc4nc13)OC2(C)C. The summed E-state index contributed by atoms with van der Waals surface area (Å²) in [6.07, 6.45) is 3.51. The molecule has 0 spiro atoms. The van der Waals surface area contributed by atoms with Crippen LogP contribution in [-0.4, -0.2) is 26.5 Å². The van der Waals surface area contributed by atoms with E-state index in [-0.39, 0.29) is 11.5 Å². The Hall–Kier alpha value is -4.10. The van der Waals surface area contributed by atoms with Gasteiger partial charge in [0.15, 0.2) is 5.13 Å². The second kappa shape index (κ2) is 8.95. The van der Waals surface area contributed by atoms with Crippen molar-refractivity contribution in [1.82, 2.24) is 15.0 Å². The van der Waals surface area contributed by atoms with Crippen LogP contribution in [-0.2, 0) is 0 Å². The second-order valence-corrected chi connectivity index (χ2v) is 13.2. The Morgan fingerprint density at radius 2 is 1.68 bits per heavy atom. The van der Waals surface area contributed by atoms with Crippen LogP contribution < -0.4 is 10.1 Å². The van der Waals surface area contributed by atoms with Gasteiger partial charge in [0.2, 0.25) is 0 Å². The van der Waals surface area contributed by atoms with Gasteiger partial charge >= 0.3 is 0 Å². The summed E-state index contributed by atoms with van der Waals surface area (Å²) in [5.74, 6) is 2.22. The monoisotopic (exact) mass is 558 g/mol. The van der Waals surface area contributed by atoms with E-state index in [1.165, 1.54) is 23.3 Å². The molecule has 4 aromatic carbocycles. The van der Waals surface area contributed by atoms with Gasteiger partial charge in [-0.3, -0.25) is 10.1 Å². The van der Waals surface area contributed by atoms with Crippen LogP contribution in [0.5, 0.6) is 5.75 Å². The fraction of sp³-hybridized carbons (Fsp3) is 0.294. The molecular weight excluding hydrogens is 528 g/mol. The number of para-hydroxylation sites is 1. The fourth-order valence-corrected chi connectivity index (χ4v) is 7.99. The van der Waals surface area contributed by atoms with Gasteiger partial charge in [0, 0.05) is 27.8 Å². The molecule has 7 heteroatoms. The number of nitrogens with one attached hydrogen (secondary N) is 1. The predicted molar refractivity (Wildman–Crippen MR) is 166 cm³/mol. The number of rotatable bonds is 2. The minimum atomic E-state index is -0.246. The minimum absolute atomic E-state index is 0.210. The predicted octanol–water partition coefficient (Wildman–Crippen LogP) is 8.49. The maximum absolute atomic E-state index is 13.2. The van der Waals surface area contributed by atoms with Crippen LogP contribution in [0.4, 0.5) is 5.13 Å². The van der Waals surface area contributed by atoms with Gasteiger partial charge in [0.25, 0.3) is 5.91 Å². The fourth-order valence-electron chi connectivity index (χ4n) is 7.13. The number of carbonyl (C=O) groups is 1. The van der Waals surface area contributed by atoms with E-state index < -0.39 is 0 Å². The number of carbonyl (C=O) groups excluding carboxylic acids is 1. The summed E-state index contributed by atoms with van der Waals surface area (Å²) in [7, 11) is 0. The molecule has 41 heavy (non-hydrogen) atoms. The van der Waals surface area contributed by atoms with Crippen molar-refractivity contribution in [3.05, 3.63) is 77.9 Å². The van der Waals surface area contributed by atoms with Crippen LogP contribution in [0.25, 0.3) is 43.1 Å². The van der Waals surface area contributed by atoms with Crippen molar-refractivity contribution >= 4 is 65.4 Å². The average Bonchev–Trinajstić information content (AvgIpc) is 3.38. The number of nitrogens with zero attached hydrogens (tertiary/aromatic N) is 3. The highest BCUT2D eigenvalue weighted by Gasteiger charge is 2.47. The van der Waals surface area contributed by atoms with Crippen molar-refractivity contribution in [3.63, 3.8) is 0 Å². The van der Waals surface area contributed by atoms with Crippen LogP contribution in [0.2, 0.25) is 0 Å². The van der Waals surface area contributed by atoms with Gasteiger partial charge in [0.1, 0.15) is 11.4 Å². The maximum atomic E-state index is 13.2. The van der Waals surface area contributed by atoms with Crippen molar-refractivity contribution in [2.45, 2.75) is 51.6 Å². The molecule has 3 heterocycles. The molecule has 0 radical (unpaired) electrons. The summed E-state index contributed by atoms with van der Waals surface area (Å²) in [5.41, 5.74) is 5.64. The molecule has 1 aliphatic heterocycles. The van der Waals surface area contributed by atoms with Gasteiger partial charge < -0.3 is 4.74 Å². The largest absolute Gasteiger partial charge is 0.487 e. The summed E-state index contributed by atoms with van der Waals surface area (Å²) < 4.78 is 7.90. The molecule has 1 N–H and O–H groups in total. The van der Waals surface area contributed by atoms with E-state index in [4.69, 9.17) is 14.7 Å². The molecule has 2 aliphatic rings. The highest BCUT2D eigenvalue weighted by atomic mass is 32.1. The topological polar surface area (TPSA) is 77.0 Å². The first-order valence-corrected chi connectivity index (χ1v) is 15.2. The normalized spacial score (nSPS) is 21.5. The third kappa shape index (κ3) is 3.90. The zero-order valence-electron chi connectivity index (χ0n) is 23.3. The Balaban J connectivity index is 1.28. The molecule has 3 atom stereocenters. The number of aromatic nitrogens is 3. The van der Waals surface area contributed by atoms with Crippen molar-refractivity contribution in [3.8, 4) is 5.75 Å².